The van der Waals surface area contributed by atoms with Crippen molar-refractivity contribution in [2.75, 3.05) is 13.2 Å². The van der Waals surface area contributed by atoms with Crippen molar-refractivity contribution in [2.45, 2.75) is 296 Å². The highest BCUT2D eigenvalue weighted by Crippen LogP contribution is 2.17. The van der Waals surface area contributed by atoms with Gasteiger partial charge in [-0.2, -0.15) is 0 Å². The molecule has 0 aromatic carbocycles. The lowest BCUT2D eigenvalue weighted by Crippen LogP contribution is -2.45. The van der Waals surface area contributed by atoms with Crippen molar-refractivity contribution in [3.8, 4) is 0 Å². The van der Waals surface area contributed by atoms with Crippen molar-refractivity contribution in [3.05, 3.63) is 36.5 Å². The molecule has 0 heterocycles. The van der Waals surface area contributed by atoms with Crippen LogP contribution in [0.15, 0.2) is 36.5 Å². The summed E-state index contributed by atoms with van der Waals surface area (Å²) in [4.78, 5) is 24.4. The van der Waals surface area contributed by atoms with Crippen molar-refractivity contribution in [3.63, 3.8) is 0 Å². The molecule has 0 aliphatic heterocycles. The van der Waals surface area contributed by atoms with E-state index >= 15 is 0 Å². The molecule has 0 aliphatic rings. The Bertz CT molecular complexity index is 1010. The van der Waals surface area contributed by atoms with E-state index in [0.29, 0.717) is 19.4 Å². The highest BCUT2D eigenvalue weighted by Gasteiger charge is 2.18. The fourth-order valence-electron chi connectivity index (χ4n) is 8.20. The molecule has 0 radical (unpaired) electrons. The Balaban J connectivity index is 3.38. The predicted octanol–water partition coefficient (Wildman–Crippen LogP) is 16.5. The van der Waals surface area contributed by atoms with Crippen molar-refractivity contribution < 1.29 is 24.5 Å². The SMILES string of the molecule is CCC/C=C\C/C=C\CCCCCCCC(=O)OCCCCCCCCCCCCCCCCCCCCCCCCC(=O)NC(CO)C(O)/C=C/CCCCCCCCCC. The minimum Gasteiger partial charge on any atom is -0.466 e. The monoisotopic (exact) mass is 872 g/mol. The number of carbonyl (C=O) groups excluding carboxylic acids is 2. The van der Waals surface area contributed by atoms with Crippen LogP contribution in [0.4, 0.5) is 0 Å². The smallest absolute Gasteiger partial charge is 0.305 e. The Morgan fingerprint density at radius 3 is 1.29 bits per heavy atom. The fourth-order valence-corrected chi connectivity index (χ4v) is 8.20. The summed E-state index contributed by atoms with van der Waals surface area (Å²) in [7, 11) is 0. The van der Waals surface area contributed by atoms with Crippen LogP contribution >= 0.6 is 0 Å². The van der Waals surface area contributed by atoms with E-state index in [0.717, 1.165) is 51.4 Å². The van der Waals surface area contributed by atoms with Gasteiger partial charge in [-0.15, -0.1) is 0 Å². The molecule has 0 aliphatic carbocycles. The quantitative estimate of drug-likeness (QED) is 0.0321. The third-order valence-electron chi connectivity index (χ3n) is 12.4. The van der Waals surface area contributed by atoms with Crippen molar-refractivity contribution in [1.82, 2.24) is 5.32 Å². The van der Waals surface area contributed by atoms with Crippen LogP contribution in [0.2, 0.25) is 0 Å². The molecule has 6 nitrogen and oxygen atoms in total. The Kier molecular flexibility index (Phi) is 50.1. The van der Waals surface area contributed by atoms with Gasteiger partial charge >= 0.3 is 5.97 Å². The molecule has 0 saturated carbocycles. The van der Waals surface area contributed by atoms with Gasteiger partial charge < -0.3 is 20.3 Å². The summed E-state index contributed by atoms with van der Waals surface area (Å²) in [6, 6.07) is -0.626. The van der Waals surface area contributed by atoms with Crippen LogP contribution in [0.25, 0.3) is 0 Å². The Morgan fingerprint density at radius 1 is 0.452 bits per heavy atom. The molecule has 0 rings (SSSR count). The van der Waals surface area contributed by atoms with E-state index in [9.17, 15) is 19.8 Å². The fraction of sp³-hybridized carbons (Fsp3) is 0.857. The minimum absolute atomic E-state index is 0.00331. The molecule has 0 aromatic heterocycles. The van der Waals surface area contributed by atoms with Gasteiger partial charge in [-0.05, 0) is 57.8 Å². The summed E-state index contributed by atoms with van der Waals surface area (Å²) < 4.78 is 5.46. The van der Waals surface area contributed by atoms with Crippen LogP contribution in [-0.2, 0) is 14.3 Å². The molecule has 2 unspecified atom stereocenters. The van der Waals surface area contributed by atoms with Gasteiger partial charge in [-0.1, -0.05) is 249 Å². The van der Waals surface area contributed by atoms with Crippen LogP contribution in [-0.4, -0.2) is 47.4 Å². The number of allylic oxidation sites excluding steroid dienone is 5. The molecule has 62 heavy (non-hydrogen) atoms. The summed E-state index contributed by atoms with van der Waals surface area (Å²) in [5, 5.41) is 23.0. The number of esters is 1. The standard InChI is InChI=1S/C56H105NO5/c1-3-5-7-9-11-13-15-26-30-34-38-42-46-50-56(61)62-51-47-43-39-35-31-28-25-23-21-19-17-16-18-20-22-24-27-29-33-37-41-45-49-55(60)57-53(52-58)54(59)48-44-40-36-32-14-12-10-8-6-4-2/h7,9,13,15,44,48,53-54,58-59H,3-6,8,10-12,14,16-43,45-47,49-52H2,1-2H3,(H,57,60)/b9-7-,15-13-,48-44+. The lowest BCUT2D eigenvalue weighted by Gasteiger charge is -2.20. The van der Waals surface area contributed by atoms with E-state index in [-0.39, 0.29) is 18.5 Å². The molecule has 364 valence electrons. The number of rotatable bonds is 50. The highest BCUT2D eigenvalue weighted by molar-refractivity contribution is 5.76. The van der Waals surface area contributed by atoms with Crippen LogP contribution in [0.5, 0.6) is 0 Å². The van der Waals surface area contributed by atoms with Crippen molar-refractivity contribution >= 4 is 11.9 Å². The molecule has 0 saturated heterocycles. The van der Waals surface area contributed by atoms with E-state index in [2.05, 4.69) is 43.5 Å². The second kappa shape index (κ2) is 51.7. The van der Waals surface area contributed by atoms with Crippen LogP contribution in [0.1, 0.15) is 284 Å². The first-order chi connectivity index (χ1) is 30.5. The summed E-state index contributed by atoms with van der Waals surface area (Å²) in [5.74, 6) is -0.0739. The number of hydrogen-bond donors (Lipinski definition) is 3. The first-order valence-corrected chi connectivity index (χ1v) is 27.3. The van der Waals surface area contributed by atoms with Gasteiger partial charge in [0.15, 0.2) is 0 Å². The van der Waals surface area contributed by atoms with E-state index in [1.54, 1.807) is 6.08 Å². The second-order valence-electron chi connectivity index (χ2n) is 18.6. The van der Waals surface area contributed by atoms with Crippen LogP contribution in [0, 0.1) is 0 Å². The molecular weight excluding hydrogens is 767 g/mol. The van der Waals surface area contributed by atoms with Crippen molar-refractivity contribution in [1.29, 1.82) is 0 Å². The van der Waals surface area contributed by atoms with Gasteiger partial charge in [0.2, 0.25) is 5.91 Å². The van der Waals surface area contributed by atoms with Gasteiger partial charge in [-0.3, -0.25) is 9.59 Å². The van der Waals surface area contributed by atoms with Crippen LogP contribution < -0.4 is 5.32 Å². The molecular formula is C56H105NO5. The number of nitrogens with one attached hydrogen (secondary N) is 1. The van der Waals surface area contributed by atoms with Gasteiger partial charge in [0.1, 0.15) is 0 Å². The second-order valence-corrected chi connectivity index (χ2v) is 18.6. The van der Waals surface area contributed by atoms with E-state index in [4.69, 9.17) is 4.74 Å². The Hall–Kier alpha value is -1.92. The maximum absolute atomic E-state index is 12.4. The minimum atomic E-state index is -0.842. The predicted molar refractivity (Wildman–Crippen MR) is 269 cm³/mol. The summed E-state index contributed by atoms with van der Waals surface area (Å²) in [6.07, 6.45) is 63.1. The molecule has 3 N–H and O–H groups in total. The Labute approximate surface area is 385 Å². The van der Waals surface area contributed by atoms with Gasteiger partial charge in [-0.25, -0.2) is 0 Å². The number of carbonyl (C=O) groups is 2. The van der Waals surface area contributed by atoms with Gasteiger partial charge in [0, 0.05) is 12.8 Å². The lowest BCUT2D eigenvalue weighted by molar-refractivity contribution is -0.143. The average Bonchev–Trinajstić information content (AvgIpc) is 3.27. The largest absolute Gasteiger partial charge is 0.466 e. The molecule has 1 amide bonds. The summed E-state index contributed by atoms with van der Waals surface area (Å²) in [5.41, 5.74) is 0. The van der Waals surface area contributed by atoms with E-state index in [1.807, 2.05) is 6.08 Å². The molecule has 0 aromatic rings. The third kappa shape index (κ3) is 47.6. The normalized spacial score (nSPS) is 12.9. The molecule has 0 bridgehead atoms. The zero-order valence-electron chi connectivity index (χ0n) is 41.4. The first-order valence-electron chi connectivity index (χ1n) is 27.3. The topological polar surface area (TPSA) is 95.9 Å². The number of unbranched alkanes of at least 4 members (excludes halogenated alkanes) is 35. The van der Waals surface area contributed by atoms with Gasteiger partial charge in [0.05, 0.1) is 25.4 Å². The zero-order chi connectivity index (χ0) is 45.1. The van der Waals surface area contributed by atoms with Crippen LogP contribution in [0.3, 0.4) is 0 Å². The maximum atomic E-state index is 12.4. The van der Waals surface area contributed by atoms with E-state index in [1.165, 1.54) is 205 Å². The first kappa shape index (κ1) is 60.1. The maximum Gasteiger partial charge on any atom is 0.305 e. The lowest BCUT2D eigenvalue weighted by atomic mass is 10.0. The number of amides is 1. The van der Waals surface area contributed by atoms with Crippen molar-refractivity contribution in [2.24, 2.45) is 0 Å². The molecule has 2 atom stereocenters. The molecule has 0 fully saturated rings. The average molecular weight is 872 g/mol. The summed E-state index contributed by atoms with van der Waals surface area (Å²) >= 11 is 0. The summed E-state index contributed by atoms with van der Waals surface area (Å²) in [6.45, 7) is 4.81. The van der Waals surface area contributed by atoms with Gasteiger partial charge in [0.25, 0.3) is 0 Å². The molecule has 6 heteroatoms. The Morgan fingerprint density at radius 2 is 0.839 bits per heavy atom. The number of hydrogen-bond acceptors (Lipinski definition) is 5. The highest BCUT2D eigenvalue weighted by atomic mass is 16.5. The number of aliphatic hydroxyl groups excluding tert-OH is 2. The number of aliphatic hydroxyl groups is 2. The zero-order valence-corrected chi connectivity index (χ0v) is 41.4. The number of ether oxygens (including phenoxy) is 1. The molecule has 0 spiro atoms. The van der Waals surface area contributed by atoms with E-state index < -0.39 is 12.1 Å². The third-order valence-corrected chi connectivity index (χ3v) is 12.4.